The van der Waals surface area contributed by atoms with Crippen LogP contribution in [0.1, 0.15) is 59.3 Å². The first-order valence-corrected chi connectivity index (χ1v) is 10.1. The highest BCUT2D eigenvalue weighted by atomic mass is 16.6. The van der Waals surface area contributed by atoms with Gasteiger partial charge in [0.25, 0.3) is 0 Å². The van der Waals surface area contributed by atoms with Crippen LogP contribution in [0.4, 0.5) is 0 Å². The summed E-state index contributed by atoms with van der Waals surface area (Å²) >= 11 is 0. The number of carbonyl (C=O) groups is 4. The molecule has 0 N–H and O–H groups in total. The molecule has 8 heteroatoms. The molecule has 2 aliphatic carbocycles. The van der Waals surface area contributed by atoms with Crippen molar-refractivity contribution in [3.8, 4) is 0 Å². The molecule has 2 saturated heterocycles. The second-order valence-electron chi connectivity index (χ2n) is 8.47. The summed E-state index contributed by atoms with van der Waals surface area (Å²) in [5.74, 6) is -2.35. The van der Waals surface area contributed by atoms with E-state index in [9.17, 15) is 19.2 Å². The average Bonchev–Trinajstić information content (AvgIpc) is 2.79. The molecule has 4 fully saturated rings. The first kappa shape index (κ1) is 21.3. The number of hydrogen-bond donors (Lipinski definition) is 0. The zero-order valence-electron chi connectivity index (χ0n) is 17.1. The lowest BCUT2D eigenvalue weighted by molar-refractivity contribution is -0.192. The molecular formula is C21H28O8. The van der Waals surface area contributed by atoms with E-state index in [1.165, 1.54) is 13.8 Å². The number of carbonyl (C=O) groups excluding carboxylic acids is 4. The van der Waals surface area contributed by atoms with Crippen LogP contribution in [0.15, 0.2) is 12.2 Å². The molecule has 2 aliphatic heterocycles. The molecule has 0 aromatic rings. The molecule has 4 aliphatic rings. The number of fused-ring (bicyclic) bond motifs is 1. The minimum absolute atomic E-state index is 0.165. The van der Waals surface area contributed by atoms with Gasteiger partial charge in [-0.3, -0.25) is 4.79 Å². The highest BCUT2D eigenvalue weighted by Crippen LogP contribution is 2.51. The van der Waals surface area contributed by atoms with Gasteiger partial charge in [-0.15, -0.1) is 0 Å². The van der Waals surface area contributed by atoms with Crippen LogP contribution in [-0.2, 0) is 38.1 Å². The van der Waals surface area contributed by atoms with E-state index < -0.39 is 35.7 Å². The summed E-state index contributed by atoms with van der Waals surface area (Å²) in [7, 11) is 0. The van der Waals surface area contributed by atoms with E-state index in [1.54, 1.807) is 6.92 Å². The second kappa shape index (κ2) is 8.16. The zero-order valence-corrected chi connectivity index (χ0v) is 17.1. The lowest BCUT2D eigenvalue weighted by Crippen LogP contribution is -2.49. The molecule has 0 aromatic heterocycles. The van der Waals surface area contributed by atoms with E-state index in [0.717, 1.165) is 12.8 Å². The van der Waals surface area contributed by atoms with Gasteiger partial charge in [-0.05, 0) is 45.4 Å². The van der Waals surface area contributed by atoms with Crippen molar-refractivity contribution < 1.29 is 38.1 Å². The van der Waals surface area contributed by atoms with E-state index in [1.807, 2.05) is 0 Å². The van der Waals surface area contributed by atoms with Crippen molar-refractivity contribution in [2.24, 2.45) is 11.8 Å². The molecule has 4 bridgehead atoms. The van der Waals surface area contributed by atoms with Crippen molar-refractivity contribution in [2.45, 2.75) is 83.2 Å². The molecule has 29 heavy (non-hydrogen) atoms. The van der Waals surface area contributed by atoms with Gasteiger partial charge in [0.15, 0.2) is 12.2 Å². The fraction of sp³-hybridized carbons (Fsp3) is 0.714. The Labute approximate surface area is 169 Å². The quantitative estimate of drug-likeness (QED) is 0.359. The third-order valence-electron chi connectivity index (χ3n) is 5.88. The van der Waals surface area contributed by atoms with Crippen LogP contribution in [0.2, 0.25) is 0 Å². The Hall–Kier alpha value is -2.38. The Bertz CT molecular complexity index is 728. The summed E-state index contributed by atoms with van der Waals surface area (Å²) in [5.41, 5.74) is -0.588. The van der Waals surface area contributed by atoms with E-state index >= 15 is 0 Å². The molecule has 8 nitrogen and oxygen atoms in total. The first-order chi connectivity index (χ1) is 13.6. The molecule has 160 valence electrons. The van der Waals surface area contributed by atoms with Gasteiger partial charge >= 0.3 is 23.9 Å². The zero-order chi connectivity index (χ0) is 21.3. The smallest absolute Gasteiger partial charge is 0.348 e. The van der Waals surface area contributed by atoms with Gasteiger partial charge in [-0.1, -0.05) is 13.5 Å². The maximum Gasteiger partial charge on any atom is 0.348 e. The van der Waals surface area contributed by atoms with Gasteiger partial charge in [0.05, 0.1) is 5.92 Å². The van der Waals surface area contributed by atoms with Crippen LogP contribution >= 0.6 is 0 Å². The van der Waals surface area contributed by atoms with Gasteiger partial charge in [-0.25, -0.2) is 14.4 Å². The normalized spacial score (nSPS) is 31.8. The predicted octanol–water partition coefficient (Wildman–Crippen LogP) is 2.23. The minimum atomic E-state index is -1.16. The fourth-order valence-electron chi connectivity index (χ4n) is 4.62. The highest BCUT2D eigenvalue weighted by molar-refractivity contribution is 5.90. The molecule has 2 heterocycles. The van der Waals surface area contributed by atoms with E-state index in [2.05, 4.69) is 6.58 Å². The standard InChI is InChI=1S/C21H28O8/c1-5-16(28-17(22)11(2)3)20(25)26-12(4)18(23)29-21-8-13-6-14(9-21)19(24)27-15(7-13)10-21/h12-16H,2,5-10H2,1,3-4H3. The van der Waals surface area contributed by atoms with Crippen LogP contribution in [0.5, 0.6) is 0 Å². The van der Waals surface area contributed by atoms with Crippen LogP contribution in [-0.4, -0.2) is 47.8 Å². The van der Waals surface area contributed by atoms with Crippen molar-refractivity contribution in [3.05, 3.63) is 12.2 Å². The predicted molar refractivity (Wildman–Crippen MR) is 99.3 cm³/mol. The van der Waals surface area contributed by atoms with Gasteiger partial charge in [0.2, 0.25) is 0 Å². The third kappa shape index (κ3) is 4.62. The summed E-state index contributed by atoms with van der Waals surface area (Å²) in [4.78, 5) is 48.7. The Kier molecular flexibility index (Phi) is 6.00. The molecule has 6 unspecified atom stereocenters. The number of hydrogen-bond acceptors (Lipinski definition) is 8. The van der Waals surface area contributed by atoms with Gasteiger partial charge < -0.3 is 18.9 Å². The largest absolute Gasteiger partial charge is 0.462 e. The topological polar surface area (TPSA) is 105 Å². The van der Waals surface area contributed by atoms with Crippen LogP contribution in [0, 0.1) is 11.8 Å². The van der Waals surface area contributed by atoms with Crippen molar-refractivity contribution in [1.82, 2.24) is 0 Å². The van der Waals surface area contributed by atoms with Crippen molar-refractivity contribution in [1.29, 1.82) is 0 Å². The lowest BCUT2D eigenvalue weighted by Gasteiger charge is -2.45. The molecule has 0 amide bonds. The fourth-order valence-corrected chi connectivity index (χ4v) is 4.62. The maximum atomic E-state index is 12.7. The van der Waals surface area contributed by atoms with Crippen LogP contribution in [0.25, 0.3) is 0 Å². The van der Waals surface area contributed by atoms with Gasteiger partial charge in [0, 0.05) is 18.4 Å². The lowest BCUT2D eigenvalue weighted by atomic mass is 9.65. The highest BCUT2D eigenvalue weighted by Gasteiger charge is 2.55. The van der Waals surface area contributed by atoms with Gasteiger partial charge in [-0.2, -0.15) is 0 Å². The van der Waals surface area contributed by atoms with Crippen LogP contribution in [0.3, 0.4) is 0 Å². The van der Waals surface area contributed by atoms with E-state index in [0.29, 0.717) is 19.3 Å². The molecule has 0 spiro atoms. The Morgan fingerprint density at radius 2 is 1.90 bits per heavy atom. The van der Waals surface area contributed by atoms with E-state index in [-0.39, 0.29) is 35.9 Å². The Morgan fingerprint density at radius 3 is 2.55 bits per heavy atom. The average molecular weight is 408 g/mol. The minimum Gasteiger partial charge on any atom is -0.462 e. The summed E-state index contributed by atoms with van der Waals surface area (Å²) in [6, 6.07) is 0. The molecule has 0 radical (unpaired) electrons. The maximum absolute atomic E-state index is 12.7. The number of rotatable bonds is 7. The summed E-state index contributed by atoms with van der Waals surface area (Å²) < 4.78 is 21.5. The SMILES string of the molecule is C=C(C)C(=O)OC(CC)C(=O)OC(C)C(=O)OC12CC3CC(C1)OC(=O)C(C3)C2. The number of esters is 4. The molecular weight excluding hydrogens is 380 g/mol. The monoisotopic (exact) mass is 408 g/mol. The summed E-state index contributed by atoms with van der Waals surface area (Å²) in [6.07, 6.45) is 0.874. The molecule has 0 aromatic carbocycles. The summed E-state index contributed by atoms with van der Waals surface area (Å²) in [5, 5.41) is 0. The van der Waals surface area contributed by atoms with Crippen molar-refractivity contribution >= 4 is 23.9 Å². The van der Waals surface area contributed by atoms with Crippen molar-refractivity contribution in [3.63, 3.8) is 0 Å². The Morgan fingerprint density at radius 1 is 1.17 bits per heavy atom. The van der Waals surface area contributed by atoms with Gasteiger partial charge in [0.1, 0.15) is 11.7 Å². The third-order valence-corrected chi connectivity index (χ3v) is 5.88. The second-order valence-corrected chi connectivity index (χ2v) is 8.47. The molecule has 4 rings (SSSR count). The van der Waals surface area contributed by atoms with E-state index in [4.69, 9.17) is 18.9 Å². The van der Waals surface area contributed by atoms with Crippen LogP contribution < -0.4 is 0 Å². The Balaban J connectivity index is 1.60. The number of ether oxygens (including phenoxy) is 4. The molecule has 2 saturated carbocycles. The summed E-state index contributed by atoms with van der Waals surface area (Å²) in [6.45, 7) is 8.03. The van der Waals surface area contributed by atoms with Crippen molar-refractivity contribution in [2.75, 3.05) is 0 Å². The first-order valence-electron chi connectivity index (χ1n) is 10.1. The molecule has 6 atom stereocenters.